The Balaban J connectivity index is 1.74. The molecule has 3 rings (SSSR count). The van der Waals surface area contributed by atoms with E-state index in [0.29, 0.717) is 11.3 Å². The van der Waals surface area contributed by atoms with E-state index >= 15 is 0 Å². The third kappa shape index (κ3) is 6.68. The summed E-state index contributed by atoms with van der Waals surface area (Å²) in [6, 6.07) is 22.9. The molecule has 0 heterocycles. The number of nitrogens with one attached hydrogen (secondary N) is 1. The molecule has 3 aromatic carbocycles. The van der Waals surface area contributed by atoms with Crippen LogP contribution in [0, 0.1) is 13.8 Å². The Morgan fingerprint density at radius 3 is 2.15 bits per heavy atom. The summed E-state index contributed by atoms with van der Waals surface area (Å²) in [7, 11) is -3.48. The second kappa shape index (κ2) is 9.79. The summed E-state index contributed by atoms with van der Waals surface area (Å²) in [6.07, 6.45) is 1.93. The van der Waals surface area contributed by atoms with Gasteiger partial charge in [-0.2, -0.15) is 0 Å². The van der Waals surface area contributed by atoms with Gasteiger partial charge >= 0.3 is 0 Å². The molecule has 0 saturated carbocycles. The average Bonchev–Trinajstić information content (AvgIpc) is 2.73. The van der Waals surface area contributed by atoms with Crippen molar-refractivity contribution in [3.63, 3.8) is 0 Å². The van der Waals surface area contributed by atoms with Crippen LogP contribution in [0.4, 0.5) is 5.69 Å². The number of carbonyl (C=O) groups is 1. The van der Waals surface area contributed by atoms with Crippen LogP contribution in [0.2, 0.25) is 0 Å². The summed E-state index contributed by atoms with van der Waals surface area (Å²) in [5.41, 5.74) is 4.65. The van der Waals surface area contributed by atoms with Gasteiger partial charge in [0.05, 0.1) is 18.5 Å². The summed E-state index contributed by atoms with van der Waals surface area (Å²) in [5, 5.41) is 3.10. The van der Waals surface area contributed by atoms with Gasteiger partial charge in [-0.15, -0.1) is 0 Å². The number of amides is 1. The lowest BCUT2D eigenvalue weighted by molar-refractivity contribution is 0.0913. The minimum Gasteiger partial charge on any atom is -0.347 e. The van der Waals surface area contributed by atoms with Gasteiger partial charge in [-0.05, 0) is 74.6 Å². The minimum absolute atomic E-state index is 0.156. The Morgan fingerprint density at radius 2 is 1.55 bits per heavy atom. The summed E-state index contributed by atoms with van der Waals surface area (Å²) < 4.78 is 26.5. The molecule has 3 aromatic rings. The van der Waals surface area contributed by atoms with Crippen LogP contribution in [0.1, 0.15) is 46.5 Å². The summed E-state index contributed by atoms with van der Waals surface area (Å²) in [4.78, 5) is 12.8. The molecule has 0 bridgehead atoms. The maximum atomic E-state index is 12.8. The van der Waals surface area contributed by atoms with Gasteiger partial charge in [0.2, 0.25) is 10.0 Å². The first-order valence-electron chi connectivity index (χ1n) is 10.9. The fourth-order valence-corrected chi connectivity index (χ4v) is 4.76. The van der Waals surface area contributed by atoms with Crippen LogP contribution >= 0.6 is 0 Å². The molecular weight excluding hydrogens is 432 g/mol. The van der Waals surface area contributed by atoms with Crippen LogP contribution in [0.3, 0.4) is 0 Å². The Morgan fingerprint density at radius 1 is 0.909 bits per heavy atom. The molecule has 0 unspecified atom stereocenters. The van der Waals surface area contributed by atoms with E-state index in [2.05, 4.69) is 5.32 Å². The van der Waals surface area contributed by atoms with Crippen LogP contribution < -0.4 is 9.62 Å². The highest BCUT2D eigenvalue weighted by atomic mass is 32.2. The lowest BCUT2D eigenvalue weighted by atomic mass is 9.94. The van der Waals surface area contributed by atoms with Gasteiger partial charge in [0.1, 0.15) is 0 Å². The summed E-state index contributed by atoms with van der Waals surface area (Å²) in [5.74, 6) is -0.156. The predicted octanol–water partition coefficient (Wildman–Crippen LogP) is 5.02. The quantitative estimate of drug-likeness (QED) is 0.509. The van der Waals surface area contributed by atoms with Crippen molar-refractivity contribution in [1.82, 2.24) is 5.32 Å². The highest BCUT2D eigenvalue weighted by Gasteiger charge is 2.23. The first-order chi connectivity index (χ1) is 15.4. The number of aryl methyl sites for hydroxylation is 2. The van der Waals surface area contributed by atoms with Crippen molar-refractivity contribution in [3.05, 3.63) is 101 Å². The molecule has 0 atom stereocenters. The highest BCUT2D eigenvalue weighted by Crippen LogP contribution is 2.26. The fraction of sp³-hybridized carbons (Fsp3) is 0.296. The summed E-state index contributed by atoms with van der Waals surface area (Å²) in [6.45, 7) is 8.04. The zero-order valence-electron chi connectivity index (χ0n) is 19.9. The number of rotatable bonds is 8. The number of hydrogen-bond acceptors (Lipinski definition) is 3. The number of anilines is 1. The van der Waals surface area contributed by atoms with Crippen LogP contribution in [0.5, 0.6) is 0 Å². The zero-order valence-corrected chi connectivity index (χ0v) is 20.7. The van der Waals surface area contributed by atoms with Crippen molar-refractivity contribution in [2.24, 2.45) is 0 Å². The normalized spacial score (nSPS) is 11.8. The van der Waals surface area contributed by atoms with Crippen molar-refractivity contribution in [2.45, 2.75) is 46.2 Å². The van der Waals surface area contributed by atoms with Crippen LogP contribution in [-0.2, 0) is 23.0 Å². The highest BCUT2D eigenvalue weighted by molar-refractivity contribution is 7.92. The van der Waals surface area contributed by atoms with Crippen molar-refractivity contribution >= 4 is 21.6 Å². The van der Waals surface area contributed by atoms with Gasteiger partial charge < -0.3 is 5.32 Å². The first-order valence-corrected chi connectivity index (χ1v) is 12.8. The van der Waals surface area contributed by atoms with E-state index in [1.807, 2.05) is 88.4 Å². The van der Waals surface area contributed by atoms with Gasteiger partial charge in [-0.3, -0.25) is 9.10 Å². The molecule has 33 heavy (non-hydrogen) atoms. The molecular formula is C27H32N2O3S. The number of nitrogens with zero attached hydrogens (tertiary/aromatic N) is 1. The van der Waals surface area contributed by atoms with Gasteiger partial charge in [0, 0.05) is 11.1 Å². The van der Waals surface area contributed by atoms with Gasteiger partial charge in [0.25, 0.3) is 5.91 Å². The predicted molar refractivity (Wildman–Crippen MR) is 135 cm³/mol. The molecule has 5 nitrogen and oxygen atoms in total. The van der Waals surface area contributed by atoms with E-state index in [0.717, 1.165) is 28.7 Å². The Kier molecular flexibility index (Phi) is 7.28. The summed E-state index contributed by atoms with van der Waals surface area (Å²) >= 11 is 0. The van der Waals surface area contributed by atoms with Gasteiger partial charge in [-0.1, -0.05) is 54.6 Å². The van der Waals surface area contributed by atoms with Crippen LogP contribution in [-0.4, -0.2) is 26.1 Å². The number of carbonyl (C=O) groups excluding carboxylic acids is 1. The molecule has 0 aliphatic heterocycles. The van der Waals surface area contributed by atoms with Gasteiger partial charge in [0.15, 0.2) is 0 Å². The van der Waals surface area contributed by atoms with Crippen molar-refractivity contribution in [2.75, 3.05) is 10.6 Å². The zero-order chi connectivity index (χ0) is 24.2. The molecule has 0 aromatic heterocycles. The van der Waals surface area contributed by atoms with Crippen molar-refractivity contribution < 1.29 is 13.2 Å². The average molecular weight is 465 g/mol. The SMILES string of the molecule is Cc1ccc(C)c(N(Cc2ccc(C(=O)NC(C)(C)Cc3ccccc3)cc2)S(C)(=O)=O)c1. The third-order valence-corrected chi connectivity index (χ3v) is 6.64. The van der Waals surface area contributed by atoms with Crippen LogP contribution in [0.15, 0.2) is 72.8 Å². The standard InChI is InChI=1S/C27H32N2O3S/c1-20-11-12-21(2)25(17-20)29(33(5,31)32)19-23-13-15-24(16-14-23)26(30)28-27(3,4)18-22-9-7-6-8-10-22/h6-17H,18-19H2,1-5H3,(H,28,30). The van der Waals surface area contributed by atoms with Crippen molar-refractivity contribution in [1.29, 1.82) is 0 Å². The lowest BCUT2D eigenvalue weighted by Crippen LogP contribution is -2.45. The van der Waals surface area contributed by atoms with E-state index in [4.69, 9.17) is 0 Å². The lowest BCUT2D eigenvalue weighted by Gasteiger charge is -2.27. The molecule has 0 saturated heterocycles. The number of hydrogen-bond donors (Lipinski definition) is 1. The van der Waals surface area contributed by atoms with E-state index in [9.17, 15) is 13.2 Å². The van der Waals surface area contributed by atoms with Crippen molar-refractivity contribution in [3.8, 4) is 0 Å². The van der Waals surface area contributed by atoms with E-state index < -0.39 is 15.6 Å². The van der Waals surface area contributed by atoms with Gasteiger partial charge in [-0.25, -0.2) is 8.42 Å². The van der Waals surface area contributed by atoms with Crippen LogP contribution in [0.25, 0.3) is 0 Å². The monoisotopic (exact) mass is 464 g/mol. The Bertz CT molecular complexity index is 1220. The topological polar surface area (TPSA) is 66.5 Å². The second-order valence-electron chi connectivity index (χ2n) is 9.26. The number of sulfonamides is 1. The minimum atomic E-state index is -3.48. The fourth-order valence-electron chi connectivity index (χ4n) is 3.83. The second-order valence-corrected chi connectivity index (χ2v) is 11.2. The molecule has 6 heteroatoms. The molecule has 0 fully saturated rings. The number of benzene rings is 3. The van der Waals surface area contributed by atoms with E-state index in [-0.39, 0.29) is 12.5 Å². The third-order valence-electron chi connectivity index (χ3n) is 5.52. The van der Waals surface area contributed by atoms with E-state index in [1.54, 1.807) is 12.1 Å². The van der Waals surface area contributed by atoms with E-state index in [1.165, 1.54) is 10.6 Å². The molecule has 1 amide bonds. The maximum absolute atomic E-state index is 12.8. The molecule has 1 N–H and O–H groups in total. The Labute approximate surface area is 197 Å². The first kappa shape index (κ1) is 24.5. The molecule has 174 valence electrons. The Hall–Kier alpha value is -3.12. The largest absolute Gasteiger partial charge is 0.347 e. The molecule has 0 aliphatic rings. The molecule has 0 aliphatic carbocycles. The molecule has 0 spiro atoms. The maximum Gasteiger partial charge on any atom is 0.251 e. The smallest absolute Gasteiger partial charge is 0.251 e. The molecule has 0 radical (unpaired) electrons.